The third kappa shape index (κ3) is 4.46. The van der Waals surface area contributed by atoms with Crippen molar-refractivity contribution in [1.29, 1.82) is 0 Å². The number of alkyl halides is 1. The minimum atomic E-state index is -1.08. The molecule has 6 rings (SSSR count). The van der Waals surface area contributed by atoms with E-state index in [0.717, 1.165) is 4.57 Å². The van der Waals surface area contributed by atoms with E-state index in [1.54, 1.807) is 51.4 Å². The lowest BCUT2D eigenvalue weighted by Gasteiger charge is -2.21. The number of aryl methyl sites for hydroxylation is 1. The molecule has 3 atom stereocenters. The normalized spacial score (nSPS) is 21.8. The fourth-order valence-corrected chi connectivity index (χ4v) is 5.64. The maximum Gasteiger partial charge on any atom is 0.332 e. The Morgan fingerprint density at radius 3 is 2.52 bits per heavy atom. The molecular weight excluding hydrogens is 545 g/mol. The molecular formula is C28H30FN9O4. The number of aromatic nitrogens is 7. The first-order chi connectivity index (χ1) is 20.0. The van der Waals surface area contributed by atoms with Gasteiger partial charge in [-0.25, -0.2) is 29.1 Å². The number of carbonyl (C=O) groups is 2. The van der Waals surface area contributed by atoms with E-state index in [1.165, 1.54) is 22.5 Å². The third-order valence-electron chi connectivity index (χ3n) is 8.47. The molecule has 1 aliphatic heterocycles. The molecule has 0 aromatic carbocycles. The minimum Gasteiger partial charge on any atom is -0.355 e. The molecule has 2 aliphatic rings. The molecule has 1 N–H and O–H groups in total. The van der Waals surface area contributed by atoms with E-state index in [9.17, 15) is 23.6 Å². The average molecular weight is 576 g/mol. The fourth-order valence-electron chi connectivity index (χ4n) is 5.64. The van der Waals surface area contributed by atoms with Crippen molar-refractivity contribution in [2.24, 2.45) is 18.9 Å². The van der Waals surface area contributed by atoms with Crippen molar-refractivity contribution in [3.05, 3.63) is 57.8 Å². The molecule has 218 valence electrons. The summed E-state index contributed by atoms with van der Waals surface area (Å²) in [5, 5.41) is 2.76. The van der Waals surface area contributed by atoms with Gasteiger partial charge in [-0.2, -0.15) is 0 Å². The lowest BCUT2D eigenvalue weighted by molar-refractivity contribution is -0.120. The zero-order chi connectivity index (χ0) is 29.9. The molecule has 5 heterocycles. The Hall–Kier alpha value is -4.75. The molecule has 4 aromatic heterocycles. The van der Waals surface area contributed by atoms with Crippen LogP contribution >= 0.6 is 0 Å². The Bertz CT molecular complexity index is 1830. The number of carbonyl (C=O) groups excluding carboxylic acids is 2. The second kappa shape index (κ2) is 9.96. The molecule has 13 nitrogen and oxygen atoms in total. The van der Waals surface area contributed by atoms with Crippen LogP contribution in [0.3, 0.4) is 0 Å². The van der Waals surface area contributed by atoms with Crippen molar-refractivity contribution in [3.8, 4) is 11.4 Å². The van der Waals surface area contributed by atoms with Crippen LogP contribution in [0, 0.1) is 11.8 Å². The summed E-state index contributed by atoms with van der Waals surface area (Å²) in [5.74, 6) is 0.289. The quantitative estimate of drug-likeness (QED) is 0.331. The van der Waals surface area contributed by atoms with Gasteiger partial charge in [-0.05, 0) is 26.0 Å². The number of Topliss-reactive ketones (excluding diaryl/α,β-unsaturated/α-hetero) is 1. The maximum atomic E-state index is 14.2. The standard InChI is InChI=1S/C28H30FN9O4/c1-5-16(39)11-37-26(41)23-24(35(4)27(37)42)32-14-38(23)15(2)25(40)34-21-8-6-7-19(33-21)20-9-31-22(10-30-20)36-12-17-18(13-36)28(17,3)29/h6-10,14-15,17-18H,5,11-13H2,1-4H3,(H,33,34,40)/t15-,17?,18?,28?/m0/s1. The van der Waals surface area contributed by atoms with Gasteiger partial charge in [-0.1, -0.05) is 13.0 Å². The predicted molar refractivity (Wildman–Crippen MR) is 152 cm³/mol. The second-order valence-electron chi connectivity index (χ2n) is 11.1. The molecule has 2 fully saturated rings. The molecule has 0 radical (unpaired) electrons. The summed E-state index contributed by atoms with van der Waals surface area (Å²) in [6, 6.07) is 4.18. The summed E-state index contributed by atoms with van der Waals surface area (Å²) in [6.07, 6.45) is 4.73. The SMILES string of the molecule is CCC(=O)Cn1c(=O)c2c(ncn2[C@@H](C)C(=O)Nc2cccc(-c3cnc(N4CC5C(C4)C5(C)F)cn3)n2)n(C)c1=O. The molecule has 0 bridgehead atoms. The Morgan fingerprint density at radius 1 is 1.12 bits per heavy atom. The average Bonchev–Trinajstić information content (AvgIpc) is 3.41. The number of amides is 1. The van der Waals surface area contributed by atoms with Crippen molar-refractivity contribution in [2.45, 2.75) is 45.4 Å². The van der Waals surface area contributed by atoms with Gasteiger partial charge < -0.3 is 14.8 Å². The van der Waals surface area contributed by atoms with Crippen LogP contribution in [0.25, 0.3) is 22.6 Å². The minimum absolute atomic E-state index is 0.0344. The number of piperidine rings is 1. The van der Waals surface area contributed by atoms with E-state index in [0.29, 0.717) is 30.3 Å². The number of hydrogen-bond donors (Lipinski definition) is 1. The first-order valence-corrected chi connectivity index (χ1v) is 13.7. The predicted octanol–water partition coefficient (Wildman–Crippen LogP) is 1.72. The number of nitrogens with one attached hydrogen (secondary N) is 1. The van der Waals surface area contributed by atoms with Crippen LogP contribution in [-0.2, 0) is 23.2 Å². The number of fused-ring (bicyclic) bond motifs is 2. The van der Waals surface area contributed by atoms with Crippen LogP contribution in [0.2, 0.25) is 0 Å². The van der Waals surface area contributed by atoms with Crippen LogP contribution in [0.5, 0.6) is 0 Å². The van der Waals surface area contributed by atoms with E-state index in [2.05, 4.69) is 25.3 Å². The first kappa shape index (κ1) is 27.4. The van der Waals surface area contributed by atoms with E-state index >= 15 is 0 Å². The lowest BCUT2D eigenvalue weighted by atomic mass is 10.2. The molecule has 42 heavy (non-hydrogen) atoms. The summed E-state index contributed by atoms with van der Waals surface area (Å²) >= 11 is 0. The second-order valence-corrected chi connectivity index (χ2v) is 11.1. The molecule has 0 spiro atoms. The van der Waals surface area contributed by atoms with Crippen molar-refractivity contribution in [3.63, 3.8) is 0 Å². The third-order valence-corrected chi connectivity index (χ3v) is 8.47. The number of pyridine rings is 1. The molecule has 1 saturated carbocycles. The molecule has 2 unspecified atom stereocenters. The van der Waals surface area contributed by atoms with Crippen molar-refractivity contribution >= 4 is 34.5 Å². The molecule has 14 heteroatoms. The Balaban J connectivity index is 1.20. The van der Waals surface area contributed by atoms with Crippen LogP contribution in [0.1, 0.15) is 33.2 Å². The molecule has 1 aliphatic carbocycles. The Morgan fingerprint density at radius 2 is 1.86 bits per heavy atom. The number of hydrogen-bond acceptors (Lipinski definition) is 9. The Labute approximate surface area is 239 Å². The fraction of sp³-hybridized carbons (Fsp3) is 0.429. The molecule has 1 saturated heterocycles. The van der Waals surface area contributed by atoms with Crippen molar-refractivity contribution in [1.82, 2.24) is 33.6 Å². The van der Waals surface area contributed by atoms with Crippen LogP contribution in [0.15, 0.2) is 46.5 Å². The number of nitrogens with zero attached hydrogens (tertiary/aromatic N) is 8. The Kier molecular flexibility index (Phi) is 6.50. The summed E-state index contributed by atoms with van der Waals surface area (Å²) < 4.78 is 17.6. The number of rotatable bonds is 8. The van der Waals surface area contributed by atoms with Gasteiger partial charge >= 0.3 is 5.69 Å². The van der Waals surface area contributed by atoms with Gasteiger partial charge in [-0.15, -0.1) is 0 Å². The first-order valence-electron chi connectivity index (χ1n) is 13.7. The summed E-state index contributed by atoms with van der Waals surface area (Å²) in [5.41, 5.74) is -1.29. The zero-order valence-corrected chi connectivity index (χ0v) is 23.6. The highest BCUT2D eigenvalue weighted by molar-refractivity contribution is 5.93. The number of ketones is 1. The van der Waals surface area contributed by atoms with E-state index < -0.39 is 28.9 Å². The highest BCUT2D eigenvalue weighted by Crippen LogP contribution is 2.58. The van der Waals surface area contributed by atoms with Gasteiger partial charge in [0.05, 0.1) is 31.0 Å². The highest BCUT2D eigenvalue weighted by atomic mass is 19.1. The molecule has 4 aromatic rings. The van der Waals surface area contributed by atoms with Gasteiger partial charge in [0.25, 0.3) is 5.56 Å². The number of halogens is 1. The van der Waals surface area contributed by atoms with Crippen molar-refractivity contribution < 1.29 is 14.0 Å². The van der Waals surface area contributed by atoms with Gasteiger partial charge in [0.2, 0.25) is 5.91 Å². The van der Waals surface area contributed by atoms with Crippen molar-refractivity contribution in [2.75, 3.05) is 23.3 Å². The van der Waals surface area contributed by atoms with Gasteiger partial charge in [0.15, 0.2) is 16.9 Å². The lowest BCUT2D eigenvalue weighted by Crippen LogP contribution is -2.41. The summed E-state index contributed by atoms with van der Waals surface area (Å²) in [7, 11) is 1.46. The van der Waals surface area contributed by atoms with Crippen LogP contribution < -0.4 is 21.5 Å². The highest BCUT2D eigenvalue weighted by Gasteiger charge is 2.66. The van der Waals surface area contributed by atoms with Gasteiger partial charge in [-0.3, -0.25) is 23.5 Å². The number of anilines is 2. The topological polar surface area (TPSA) is 150 Å². The van der Waals surface area contributed by atoms with Crippen LogP contribution in [-0.4, -0.2) is 64.1 Å². The summed E-state index contributed by atoms with van der Waals surface area (Å²) in [6.45, 7) is 5.77. The monoisotopic (exact) mass is 575 g/mol. The van der Waals surface area contributed by atoms with E-state index in [4.69, 9.17) is 0 Å². The van der Waals surface area contributed by atoms with Gasteiger partial charge in [0, 0.05) is 38.4 Å². The molecule has 1 amide bonds. The van der Waals surface area contributed by atoms with E-state index in [1.807, 2.05) is 4.90 Å². The van der Waals surface area contributed by atoms with Crippen LogP contribution in [0.4, 0.5) is 16.0 Å². The number of imidazole rings is 1. The smallest absolute Gasteiger partial charge is 0.332 e. The largest absolute Gasteiger partial charge is 0.355 e. The summed E-state index contributed by atoms with van der Waals surface area (Å²) in [4.78, 5) is 70.9. The zero-order valence-electron chi connectivity index (χ0n) is 23.6. The van der Waals surface area contributed by atoms with E-state index in [-0.39, 0.29) is 47.6 Å². The van der Waals surface area contributed by atoms with Gasteiger partial charge in [0.1, 0.15) is 29.0 Å². The maximum absolute atomic E-state index is 14.2.